The van der Waals surface area contributed by atoms with Gasteiger partial charge in [0.2, 0.25) is 0 Å². The van der Waals surface area contributed by atoms with E-state index < -0.39 is 46.4 Å². The van der Waals surface area contributed by atoms with Crippen molar-refractivity contribution in [3.8, 4) is 5.75 Å². The van der Waals surface area contributed by atoms with Crippen molar-refractivity contribution in [2.45, 2.75) is 24.5 Å². The normalized spacial score (nSPS) is 29.3. The van der Waals surface area contributed by atoms with Crippen molar-refractivity contribution in [2.75, 3.05) is 33.1 Å². The molecule has 0 spiro atoms. The molecule has 32 heavy (non-hydrogen) atoms. The molecule has 4 rings (SSSR count). The van der Waals surface area contributed by atoms with Gasteiger partial charge in [0.25, 0.3) is 5.91 Å². The lowest BCUT2D eigenvalue weighted by Gasteiger charge is -2.49. The van der Waals surface area contributed by atoms with Gasteiger partial charge in [-0.3, -0.25) is 19.3 Å². The second kappa shape index (κ2) is 7.18. The first kappa shape index (κ1) is 22.0. The number of rotatable bonds is 3. The Labute approximate surface area is 185 Å². The summed E-state index contributed by atoms with van der Waals surface area (Å²) < 4.78 is 0. The van der Waals surface area contributed by atoms with Crippen LogP contribution < -0.4 is 10.6 Å². The van der Waals surface area contributed by atoms with Crippen LogP contribution in [0.1, 0.15) is 22.3 Å². The smallest absolute Gasteiger partial charge is 0.255 e. The molecule has 0 aliphatic heterocycles. The summed E-state index contributed by atoms with van der Waals surface area (Å²) in [6, 6.07) is 2.29. The number of fused-ring (bicyclic) bond motifs is 3. The summed E-state index contributed by atoms with van der Waals surface area (Å²) in [4.78, 5) is 41.9. The predicted molar refractivity (Wildman–Crippen MR) is 116 cm³/mol. The molecule has 0 fully saturated rings. The van der Waals surface area contributed by atoms with Gasteiger partial charge < -0.3 is 26.0 Å². The number of nitrogens with zero attached hydrogens (tertiary/aromatic N) is 2. The molecule has 3 aliphatic carbocycles. The summed E-state index contributed by atoms with van der Waals surface area (Å²) in [7, 11) is 6.98. The van der Waals surface area contributed by atoms with E-state index in [-0.39, 0.29) is 29.2 Å². The molecule has 3 aliphatic rings. The number of hydrogen-bond donors (Lipinski definition) is 4. The fourth-order valence-electron chi connectivity index (χ4n) is 5.51. The first-order valence-corrected chi connectivity index (χ1v) is 10.4. The van der Waals surface area contributed by atoms with Gasteiger partial charge in [0.1, 0.15) is 22.7 Å². The maximum atomic E-state index is 13.4. The standard InChI is InChI=1S/C23H27N3O6/c1-25(2)14-5-6-15(27)16-11(14)7-10-8-13-18(26(3)4)20(29)17(22(24)31)21(30)23(13,32)9-12(10)19(16)28/h5-6,9-10,13,18,27,30,32H,7-8H2,1-4H3,(H2,24,31)/t10-,13-,18-,23+/m0/s1. The number of ketones is 2. The zero-order valence-electron chi connectivity index (χ0n) is 18.4. The zero-order valence-corrected chi connectivity index (χ0v) is 18.4. The highest BCUT2D eigenvalue weighted by Gasteiger charge is 2.58. The molecule has 0 heterocycles. The van der Waals surface area contributed by atoms with Crippen LogP contribution in [-0.4, -0.2) is 77.5 Å². The number of phenolic OH excluding ortho intramolecular Hbond substituents is 1. The zero-order chi connectivity index (χ0) is 23.7. The van der Waals surface area contributed by atoms with Gasteiger partial charge in [0, 0.05) is 31.3 Å². The van der Waals surface area contributed by atoms with Crippen molar-refractivity contribution < 1.29 is 29.7 Å². The Morgan fingerprint density at radius 3 is 2.38 bits per heavy atom. The highest BCUT2D eigenvalue weighted by atomic mass is 16.3. The summed E-state index contributed by atoms with van der Waals surface area (Å²) in [5.41, 5.74) is 4.49. The maximum absolute atomic E-state index is 13.4. The molecule has 1 amide bonds. The number of likely N-dealkylation sites (N-methyl/N-ethyl adjacent to an activating group) is 1. The lowest BCUT2D eigenvalue weighted by molar-refractivity contribution is -0.133. The Morgan fingerprint density at radius 1 is 1.16 bits per heavy atom. The van der Waals surface area contributed by atoms with E-state index in [9.17, 15) is 29.7 Å². The Balaban J connectivity index is 1.94. The summed E-state index contributed by atoms with van der Waals surface area (Å²) in [6.07, 6.45) is 1.89. The number of primary amides is 1. The number of anilines is 1. The summed E-state index contributed by atoms with van der Waals surface area (Å²) in [5.74, 6) is -4.35. The number of Topliss-reactive ketones (excluding diaryl/α,β-unsaturated/α-hetero) is 2. The minimum Gasteiger partial charge on any atom is -0.508 e. The number of phenols is 1. The number of nitrogens with two attached hydrogens (primary N) is 1. The van der Waals surface area contributed by atoms with Crippen molar-refractivity contribution in [2.24, 2.45) is 17.6 Å². The van der Waals surface area contributed by atoms with Gasteiger partial charge in [-0.2, -0.15) is 0 Å². The molecule has 0 aromatic heterocycles. The van der Waals surface area contributed by atoms with E-state index in [1.807, 2.05) is 19.0 Å². The molecule has 9 nitrogen and oxygen atoms in total. The quantitative estimate of drug-likeness (QED) is 0.490. The van der Waals surface area contributed by atoms with Crippen LogP contribution in [0.5, 0.6) is 5.75 Å². The molecule has 4 atom stereocenters. The number of aliphatic hydroxyl groups is 2. The van der Waals surface area contributed by atoms with Crippen LogP contribution in [-0.2, 0) is 16.0 Å². The van der Waals surface area contributed by atoms with Crippen molar-refractivity contribution in [3.05, 3.63) is 46.2 Å². The Morgan fingerprint density at radius 2 is 1.81 bits per heavy atom. The van der Waals surface area contributed by atoms with Crippen LogP contribution in [0.15, 0.2) is 35.1 Å². The third kappa shape index (κ3) is 2.88. The average Bonchev–Trinajstić information content (AvgIpc) is 2.68. The number of allylic oxidation sites excluding steroid dienone is 1. The van der Waals surface area contributed by atoms with Crippen molar-refractivity contribution in [1.82, 2.24) is 4.90 Å². The van der Waals surface area contributed by atoms with Gasteiger partial charge in [-0.05, 0) is 56.6 Å². The Hall–Kier alpha value is -3.17. The molecule has 1 aromatic rings. The molecule has 5 N–H and O–H groups in total. The predicted octanol–water partition coefficient (Wildman–Crippen LogP) is 0.301. The monoisotopic (exact) mass is 441 g/mol. The molecule has 1 aromatic carbocycles. The first-order chi connectivity index (χ1) is 14.9. The lowest BCUT2D eigenvalue weighted by Crippen LogP contribution is -2.61. The number of benzene rings is 1. The van der Waals surface area contributed by atoms with E-state index in [2.05, 4.69) is 0 Å². The van der Waals surface area contributed by atoms with Crippen molar-refractivity contribution in [3.63, 3.8) is 0 Å². The molecule has 0 saturated heterocycles. The fraction of sp³-hybridized carbons (Fsp3) is 0.435. The number of aliphatic hydroxyl groups excluding tert-OH is 1. The van der Waals surface area contributed by atoms with E-state index in [1.165, 1.54) is 12.1 Å². The van der Waals surface area contributed by atoms with Crippen molar-refractivity contribution in [1.29, 1.82) is 0 Å². The van der Waals surface area contributed by atoms with Gasteiger partial charge in [-0.25, -0.2) is 0 Å². The van der Waals surface area contributed by atoms with Crippen molar-refractivity contribution >= 4 is 23.2 Å². The highest BCUT2D eigenvalue weighted by Crippen LogP contribution is 2.51. The third-order valence-corrected chi connectivity index (χ3v) is 6.92. The molecule has 0 radical (unpaired) electrons. The van der Waals surface area contributed by atoms with Crippen LogP contribution in [0.4, 0.5) is 5.69 Å². The van der Waals surface area contributed by atoms with Gasteiger partial charge in [0.15, 0.2) is 11.6 Å². The lowest BCUT2D eigenvalue weighted by atomic mass is 9.60. The summed E-state index contributed by atoms with van der Waals surface area (Å²) in [5, 5.41) is 32.8. The number of aromatic hydroxyl groups is 1. The third-order valence-electron chi connectivity index (χ3n) is 6.92. The second-order valence-corrected chi connectivity index (χ2v) is 9.21. The maximum Gasteiger partial charge on any atom is 0.255 e. The first-order valence-electron chi connectivity index (χ1n) is 10.4. The molecule has 0 bridgehead atoms. The molecule has 170 valence electrons. The van der Waals surface area contributed by atoms with E-state index in [0.29, 0.717) is 12.0 Å². The largest absolute Gasteiger partial charge is 0.508 e. The van der Waals surface area contributed by atoms with E-state index >= 15 is 0 Å². The van der Waals surface area contributed by atoms with Crippen LogP contribution >= 0.6 is 0 Å². The van der Waals surface area contributed by atoms with Gasteiger partial charge in [-0.15, -0.1) is 0 Å². The second-order valence-electron chi connectivity index (χ2n) is 9.21. The summed E-state index contributed by atoms with van der Waals surface area (Å²) in [6.45, 7) is 0. The van der Waals surface area contributed by atoms with Crippen LogP contribution in [0.3, 0.4) is 0 Å². The number of carbonyl (C=O) groups excluding carboxylic acids is 3. The van der Waals surface area contributed by atoms with Gasteiger partial charge in [-0.1, -0.05) is 0 Å². The molecule has 0 unspecified atom stereocenters. The van der Waals surface area contributed by atoms with E-state index in [4.69, 9.17) is 5.73 Å². The van der Waals surface area contributed by atoms with Crippen LogP contribution in [0, 0.1) is 11.8 Å². The fourth-order valence-corrected chi connectivity index (χ4v) is 5.51. The Kier molecular flexibility index (Phi) is 4.94. The molecular weight excluding hydrogens is 414 g/mol. The van der Waals surface area contributed by atoms with Crippen LogP contribution in [0.2, 0.25) is 0 Å². The Bertz CT molecular complexity index is 1120. The molecule has 0 saturated carbocycles. The average molecular weight is 441 g/mol. The molecular formula is C23H27N3O6. The highest BCUT2D eigenvalue weighted by molar-refractivity contribution is 6.22. The topological polar surface area (TPSA) is 144 Å². The number of amides is 1. The minimum atomic E-state index is -2.11. The summed E-state index contributed by atoms with van der Waals surface area (Å²) >= 11 is 0. The number of carbonyl (C=O) groups is 3. The van der Waals surface area contributed by atoms with Crippen LogP contribution in [0.25, 0.3) is 0 Å². The van der Waals surface area contributed by atoms with Gasteiger partial charge in [0.05, 0.1) is 11.6 Å². The number of hydrogen-bond acceptors (Lipinski definition) is 8. The minimum absolute atomic E-state index is 0.161. The van der Waals surface area contributed by atoms with E-state index in [0.717, 1.165) is 5.69 Å². The van der Waals surface area contributed by atoms with E-state index in [1.54, 1.807) is 25.1 Å². The van der Waals surface area contributed by atoms with Gasteiger partial charge >= 0.3 is 0 Å². The SMILES string of the molecule is CN(C)c1ccc(O)c2c1C[C@H]1C[C@H]3[C@H](N(C)C)C(=O)C(C(N)=O)=C(O)[C@@]3(O)C=C1C2=O. The molecule has 9 heteroatoms.